The standard InChI is InChI=1S/C15H29F3N4O.HI/c1-14(2,22-8-10-23-11-9-22)12-21-13(19-3)20-7-5-4-6-15(16,17)18;/h4-12H2,1-3H3,(H2,19,20,21);1H. The topological polar surface area (TPSA) is 48.9 Å². The molecule has 0 aromatic carbocycles. The summed E-state index contributed by atoms with van der Waals surface area (Å²) >= 11 is 0. The monoisotopic (exact) mass is 466 g/mol. The first-order chi connectivity index (χ1) is 10.7. The van der Waals surface area contributed by atoms with Gasteiger partial charge in [0, 0.05) is 45.2 Å². The van der Waals surface area contributed by atoms with E-state index in [1.54, 1.807) is 7.05 Å². The van der Waals surface area contributed by atoms with E-state index < -0.39 is 12.6 Å². The molecule has 0 aliphatic carbocycles. The molecule has 0 spiro atoms. The minimum absolute atomic E-state index is 0. The number of hydrogen-bond donors (Lipinski definition) is 2. The van der Waals surface area contributed by atoms with E-state index in [1.165, 1.54) is 0 Å². The lowest BCUT2D eigenvalue weighted by atomic mass is 10.0. The van der Waals surface area contributed by atoms with E-state index >= 15 is 0 Å². The lowest BCUT2D eigenvalue weighted by Gasteiger charge is -2.41. The molecule has 1 aliphatic heterocycles. The fourth-order valence-corrected chi connectivity index (χ4v) is 2.46. The molecule has 1 aliphatic rings. The zero-order chi connectivity index (χ0) is 17.3. The van der Waals surface area contributed by atoms with Crippen LogP contribution in [0.3, 0.4) is 0 Å². The maximum absolute atomic E-state index is 12.1. The number of aliphatic imine (C=N–C) groups is 1. The van der Waals surface area contributed by atoms with Crippen molar-refractivity contribution in [2.45, 2.75) is 44.8 Å². The fraction of sp³-hybridized carbons (Fsp3) is 0.933. The molecule has 0 unspecified atom stereocenters. The first-order valence-corrected chi connectivity index (χ1v) is 8.09. The van der Waals surface area contributed by atoms with E-state index in [-0.39, 0.29) is 35.9 Å². The molecule has 0 amide bonds. The number of nitrogens with one attached hydrogen (secondary N) is 2. The maximum Gasteiger partial charge on any atom is 0.389 e. The van der Waals surface area contributed by atoms with Crippen LogP contribution in [0.1, 0.15) is 33.1 Å². The van der Waals surface area contributed by atoms with E-state index in [2.05, 4.69) is 34.4 Å². The summed E-state index contributed by atoms with van der Waals surface area (Å²) in [6.45, 7) is 8.79. The normalized spacial score (nSPS) is 17.3. The third-order valence-corrected chi connectivity index (χ3v) is 3.96. The number of unbranched alkanes of at least 4 members (excludes halogenated alkanes) is 1. The Bertz CT molecular complexity index is 372. The Morgan fingerprint density at radius 1 is 1.12 bits per heavy atom. The fourth-order valence-electron chi connectivity index (χ4n) is 2.46. The highest BCUT2D eigenvalue weighted by Gasteiger charge is 2.28. The molecule has 0 atom stereocenters. The van der Waals surface area contributed by atoms with Crippen molar-refractivity contribution in [3.63, 3.8) is 0 Å². The zero-order valence-electron chi connectivity index (χ0n) is 14.7. The van der Waals surface area contributed by atoms with Crippen LogP contribution in [0.25, 0.3) is 0 Å². The van der Waals surface area contributed by atoms with Crippen LogP contribution in [0.2, 0.25) is 0 Å². The number of rotatable bonds is 7. The number of halogens is 4. The van der Waals surface area contributed by atoms with Gasteiger partial charge in [-0.2, -0.15) is 13.2 Å². The molecule has 1 heterocycles. The molecule has 9 heteroatoms. The second kappa shape index (κ2) is 11.3. The first kappa shape index (κ1) is 23.7. The van der Waals surface area contributed by atoms with E-state index in [4.69, 9.17) is 4.74 Å². The summed E-state index contributed by atoms with van der Waals surface area (Å²) in [5.41, 5.74) is -0.0440. The predicted molar refractivity (Wildman–Crippen MR) is 101 cm³/mol. The Labute approximate surface area is 159 Å². The van der Waals surface area contributed by atoms with Crippen LogP contribution >= 0.6 is 24.0 Å². The molecular formula is C15H30F3IN4O. The van der Waals surface area contributed by atoms with Crippen LogP contribution in [0, 0.1) is 0 Å². The van der Waals surface area contributed by atoms with Gasteiger partial charge >= 0.3 is 6.18 Å². The maximum atomic E-state index is 12.1. The summed E-state index contributed by atoms with van der Waals surface area (Å²) in [5.74, 6) is 0.623. The third-order valence-electron chi connectivity index (χ3n) is 3.96. The molecule has 0 bridgehead atoms. The minimum Gasteiger partial charge on any atom is -0.379 e. The highest BCUT2D eigenvalue weighted by molar-refractivity contribution is 14.0. The molecule has 1 saturated heterocycles. The molecule has 0 radical (unpaired) electrons. The van der Waals surface area contributed by atoms with Crippen molar-refractivity contribution in [2.75, 3.05) is 46.4 Å². The SMILES string of the molecule is CN=C(NCCCCC(F)(F)F)NCC(C)(C)N1CCOCC1.I. The summed E-state index contributed by atoms with van der Waals surface area (Å²) < 4.78 is 41.6. The van der Waals surface area contributed by atoms with Gasteiger partial charge in [-0.25, -0.2) is 0 Å². The number of hydrogen-bond acceptors (Lipinski definition) is 3. The smallest absolute Gasteiger partial charge is 0.379 e. The van der Waals surface area contributed by atoms with Gasteiger partial charge in [-0.3, -0.25) is 9.89 Å². The Balaban J connectivity index is 0.00000529. The van der Waals surface area contributed by atoms with Crippen molar-refractivity contribution in [1.29, 1.82) is 0 Å². The highest BCUT2D eigenvalue weighted by Crippen LogP contribution is 2.21. The lowest BCUT2D eigenvalue weighted by molar-refractivity contribution is -0.135. The second-order valence-electron chi connectivity index (χ2n) is 6.34. The molecular weight excluding hydrogens is 436 g/mol. The van der Waals surface area contributed by atoms with Gasteiger partial charge in [0.25, 0.3) is 0 Å². The van der Waals surface area contributed by atoms with Crippen molar-refractivity contribution >= 4 is 29.9 Å². The number of morpholine rings is 1. The van der Waals surface area contributed by atoms with Crippen LogP contribution in [0.5, 0.6) is 0 Å². The van der Waals surface area contributed by atoms with Crippen LogP contribution in [-0.2, 0) is 4.74 Å². The number of guanidine groups is 1. The largest absolute Gasteiger partial charge is 0.389 e. The third kappa shape index (κ3) is 9.87. The zero-order valence-corrected chi connectivity index (χ0v) is 17.0. The van der Waals surface area contributed by atoms with Gasteiger partial charge in [-0.15, -0.1) is 24.0 Å². The van der Waals surface area contributed by atoms with Gasteiger partial charge in [0.05, 0.1) is 13.2 Å². The Hall–Kier alpha value is -0.290. The minimum atomic E-state index is -4.07. The quantitative estimate of drug-likeness (QED) is 0.262. The Morgan fingerprint density at radius 2 is 1.75 bits per heavy atom. The molecule has 1 fully saturated rings. The highest BCUT2D eigenvalue weighted by atomic mass is 127. The molecule has 0 aromatic heterocycles. The molecule has 0 aromatic rings. The molecule has 0 saturated carbocycles. The van der Waals surface area contributed by atoms with Crippen LogP contribution in [0.4, 0.5) is 13.2 Å². The van der Waals surface area contributed by atoms with Gasteiger partial charge in [0.15, 0.2) is 5.96 Å². The van der Waals surface area contributed by atoms with E-state index in [1.807, 2.05) is 0 Å². The number of alkyl halides is 3. The average molecular weight is 466 g/mol. The average Bonchev–Trinajstić information content (AvgIpc) is 2.50. The van der Waals surface area contributed by atoms with Crippen molar-refractivity contribution in [2.24, 2.45) is 4.99 Å². The van der Waals surface area contributed by atoms with Gasteiger partial charge < -0.3 is 15.4 Å². The van der Waals surface area contributed by atoms with Gasteiger partial charge in [0.2, 0.25) is 0 Å². The van der Waals surface area contributed by atoms with E-state index in [0.29, 0.717) is 25.5 Å². The Morgan fingerprint density at radius 3 is 2.29 bits per heavy atom. The number of ether oxygens (including phenoxy) is 1. The molecule has 24 heavy (non-hydrogen) atoms. The van der Waals surface area contributed by atoms with Crippen molar-refractivity contribution in [3.05, 3.63) is 0 Å². The Kier molecular flexibility index (Phi) is 11.2. The van der Waals surface area contributed by atoms with Crippen molar-refractivity contribution in [3.8, 4) is 0 Å². The molecule has 2 N–H and O–H groups in total. The summed E-state index contributed by atoms with van der Waals surface area (Å²) in [6.07, 6.45) is -4.20. The van der Waals surface area contributed by atoms with E-state index in [0.717, 1.165) is 26.3 Å². The lowest BCUT2D eigenvalue weighted by Crippen LogP contribution is -2.56. The van der Waals surface area contributed by atoms with Crippen LogP contribution in [-0.4, -0.2) is 69.0 Å². The molecule has 5 nitrogen and oxygen atoms in total. The first-order valence-electron chi connectivity index (χ1n) is 8.09. The van der Waals surface area contributed by atoms with Gasteiger partial charge in [-0.05, 0) is 26.7 Å². The summed E-state index contributed by atoms with van der Waals surface area (Å²) in [5, 5.41) is 6.31. The molecule has 1 rings (SSSR count). The predicted octanol–water partition coefficient (Wildman–Crippen LogP) is 2.61. The van der Waals surface area contributed by atoms with Crippen molar-refractivity contribution in [1.82, 2.24) is 15.5 Å². The van der Waals surface area contributed by atoms with Gasteiger partial charge in [-0.1, -0.05) is 0 Å². The summed E-state index contributed by atoms with van der Waals surface area (Å²) in [6, 6.07) is 0. The van der Waals surface area contributed by atoms with Gasteiger partial charge in [0.1, 0.15) is 0 Å². The summed E-state index contributed by atoms with van der Waals surface area (Å²) in [7, 11) is 1.66. The number of nitrogens with zero attached hydrogens (tertiary/aromatic N) is 2. The second-order valence-corrected chi connectivity index (χ2v) is 6.34. The molecule has 144 valence electrons. The van der Waals surface area contributed by atoms with Crippen LogP contribution < -0.4 is 10.6 Å². The van der Waals surface area contributed by atoms with Crippen molar-refractivity contribution < 1.29 is 17.9 Å². The van der Waals surface area contributed by atoms with Crippen LogP contribution in [0.15, 0.2) is 4.99 Å². The van der Waals surface area contributed by atoms with E-state index in [9.17, 15) is 13.2 Å². The summed E-state index contributed by atoms with van der Waals surface area (Å²) in [4.78, 5) is 6.47.